The van der Waals surface area contributed by atoms with Crippen molar-refractivity contribution in [3.63, 3.8) is 0 Å². The van der Waals surface area contributed by atoms with Crippen LogP contribution in [0.25, 0.3) is 0 Å². The zero-order valence-electron chi connectivity index (χ0n) is 13.7. The zero-order chi connectivity index (χ0) is 15.0. The second kappa shape index (κ2) is 5.50. The molecule has 1 aliphatic heterocycles. The molecule has 0 saturated carbocycles. The lowest BCUT2D eigenvalue weighted by Gasteiger charge is -2.28. The first-order valence-corrected chi connectivity index (χ1v) is 7.80. The van der Waals surface area contributed by atoms with Crippen LogP contribution in [0.4, 0.5) is 0 Å². The van der Waals surface area contributed by atoms with E-state index in [9.17, 15) is 0 Å². The minimum Gasteiger partial charge on any atom is -0.330 e. The van der Waals surface area contributed by atoms with Crippen LogP contribution in [0.3, 0.4) is 0 Å². The Labute approximate surface area is 124 Å². The van der Waals surface area contributed by atoms with Gasteiger partial charge in [-0.25, -0.2) is 0 Å². The number of rotatable bonds is 3. The van der Waals surface area contributed by atoms with E-state index in [0.29, 0.717) is 11.5 Å². The third kappa shape index (κ3) is 3.24. The van der Waals surface area contributed by atoms with E-state index in [1.54, 1.807) is 0 Å². The average Bonchev–Trinajstić information content (AvgIpc) is 2.80. The molecule has 2 heteroatoms. The standard InChI is InChI=1S/C18H30N2/c1-14(20-11-10-18(5,12-19)13-20)15-6-8-16(9-7-15)17(2,3)4/h6-9,14H,10-13,19H2,1-5H3. The number of nitrogens with zero attached hydrogens (tertiary/aromatic N) is 1. The summed E-state index contributed by atoms with van der Waals surface area (Å²) in [7, 11) is 0. The van der Waals surface area contributed by atoms with Crippen LogP contribution in [0.5, 0.6) is 0 Å². The SMILES string of the molecule is CC(c1ccc(C(C)(C)C)cc1)N1CCC(C)(CN)C1. The maximum atomic E-state index is 5.91. The summed E-state index contributed by atoms with van der Waals surface area (Å²) in [5.41, 5.74) is 9.27. The van der Waals surface area contributed by atoms with Crippen LogP contribution in [-0.2, 0) is 5.41 Å². The van der Waals surface area contributed by atoms with Gasteiger partial charge in [0.1, 0.15) is 0 Å². The third-order valence-corrected chi connectivity index (χ3v) is 4.89. The van der Waals surface area contributed by atoms with Crippen LogP contribution in [0.15, 0.2) is 24.3 Å². The average molecular weight is 274 g/mol. The van der Waals surface area contributed by atoms with Crippen molar-refractivity contribution in [2.24, 2.45) is 11.1 Å². The molecule has 1 heterocycles. The minimum atomic E-state index is 0.230. The largest absolute Gasteiger partial charge is 0.330 e. The van der Waals surface area contributed by atoms with Gasteiger partial charge in [-0.05, 0) is 48.4 Å². The van der Waals surface area contributed by atoms with E-state index in [4.69, 9.17) is 5.73 Å². The molecule has 2 nitrogen and oxygen atoms in total. The van der Waals surface area contributed by atoms with Gasteiger partial charge >= 0.3 is 0 Å². The molecule has 0 aliphatic carbocycles. The fourth-order valence-corrected chi connectivity index (χ4v) is 3.03. The van der Waals surface area contributed by atoms with E-state index in [0.717, 1.165) is 19.6 Å². The maximum Gasteiger partial charge on any atom is 0.0320 e. The van der Waals surface area contributed by atoms with Gasteiger partial charge in [0, 0.05) is 12.6 Å². The lowest BCUT2D eigenvalue weighted by atomic mass is 9.86. The van der Waals surface area contributed by atoms with Gasteiger partial charge in [-0.15, -0.1) is 0 Å². The number of benzene rings is 1. The Hall–Kier alpha value is -0.860. The van der Waals surface area contributed by atoms with Crippen LogP contribution < -0.4 is 5.73 Å². The fraction of sp³-hybridized carbons (Fsp3) is 0.667. The van der Waals surface area contributed by atoms with Crippen LogP contribution >= 0.6 is 0 Å². The Balaban J connectivity index is 2.09. The summed E-state index contributed by atoms with van der Waals surface area (Å²) < 4.78 is 0. The molecule has 0 bridgehead atoms. The molecule has 0 radical (unpaired) electrons. The topological polar surface area (TPSA) is 29.3 Å². The van der Waals surface area contributed by atoms with E-state index in [1.165, 1.54) is 17.5 Å². The van der Waals surface area contributed by atoms with Crippen LogP contribution in [0, 0.1) is 5.41 Å². The molecule has 2 unspecified atom stereocenters. The molecule has 20 heavy (non-hydrogen) atoms. The quantitative estimate of drug-likeness (QED) is 0.910. The highest BCUT2D eigenvalue weighted by Crippen LogP contribution is 2.34. The van der Waals surface area contributed by atoms with Crippen LogP contribution in [0.2, 0.25) is 0 Å². The molecule has 112 valence electrons. The van der Waals surface area contributed by atoms with Gasteiger partial charge < -0.3 is 5.73 Å². The summed E-state index contributed by atoms with van der Waals surface area (Å²) in [5, 5.41) is 0. The summed E-state index contributed by atoms with van der Waals surface area (Å²) in [5.74, 6) is 0. The molecule has 0 amide bonds. The molecule has 1 aromatic carbocycles. The summed E-state index contributed by atoms with van der Waals surface area (Å²) in [6.07, 6.45) is 1.22. The van der Waals surface area contributed by atoms with Crippen LogP contribution in [0.1, 0.15) is 58.2 Å². The van der Waals surface area contributed by atoms with Crippen molar-refractivity contribution in [1.29, 1.82) is 0 Å². The smallest absolute Gasteiger partial charge is 0.0320 e. The van der Waals surface area contributed by atoms with Gasteiger partial charge in [0.25, 0.3) is 0 Å². The van der Waals surface area contributed by atoms with Crippen molar-refractivity contribution in [3.8, 4) is 0 Å². The summed E-state index contributed by atoms with van der Waals surface area (Å²) >= 11 is 0. The fourth-order valence-electron chi connectivity index (χ4n) is 3.03. The molecule has 2 N–H and O–H groups in total. The van der Waals surface area contributed by atoms with Crippen molar-refractivity contribution >= 4 is 0 Å². The first-order chi connectivity index (χ1) is 9.25. The summed E-state index contributed by atoms with van der Waals surface area (Å²) in [6.45, 7) is 14.5. The second-order valence-corrected chi connectivity index (χ2v) is 7.78. The Kier molecular flexibility index (Phi) is 4.27. The molecular weight excluding hydrogens is 244 g/mol. The molecule has 1 aliphatic rings. The summed E-state index contributed by atoms with van der Waals surface area (Å²) in [4.78, 5) is 2.57. The second-order valence-electron chi connectivity index (χ2n) is 7.78. The highest BCUT2D eigenvalue weighted by Gasteiger charge is 2.34. The Morgan fingerprint density at radius 1 is 1.25 bits per heavy atom. The maximum absolute atomic E-state index is 5.91. The predicted octanol–water partition coefficient (Wildman–Crippen LogP) is 3.72. The van der Waals surface area contributed by atoms with Crippen molar-refractivity contribution in [2.45, 2.75) is 52.5 Å². The first kappa shape index (κ1) is 15.5. The van der Waals surface area contributed by atoms with Crippen molar-refractivity contribution < 1.29 is 0 Å². The molecule has 0 aromatic heterocycles. The van der Waals surface area contributed by atoms with E-state index in [1.807, 2.05) is 0 Å². The van der Waals surface area contributed by atoms with Gasteiger partial charge in [-0.1, -0.05) is 52.0 Å². The Morgan fingerprint density at radius 2 is 1.85 bits per heavy atom. The molecular formula is C18H30N2. The lowest BCUT2D eigenvalue weighted by Crippen LogP contribution is -2.32. The minimum absolute atomic E-state index is 0.230. The van der Waals surface area contributed by atoms with E-state index >= 15 is 0 Å². The van der Waals surface area contributed by atoms with Gasteiger partial charge in [0.2, 0.25) is 0 Å². The highest BCUT2D eigenvalue weighted by atomic mass is 15.2. The van der Waals surface area contributed by atoms with Gasteiger partial charge in [0.15, 0.2) is 0 Å². The van der Waals surface area contributed by atoms with Crippen molar-refractivity contribution in [2.75, 3.05) is 19.6 Å². The number of hydrogen-bond donors (Lipinski definition) is 1. The molecule has 0 spiro atoms. The Bertz CT molecular complexity index is 443. The molecule has 1 aromatic rings. The zero-order valence-corrected chi connectivity index (χ0v) is 13.7. The molecule has 1 fully saturated rings. The normalized spacial score (nSPS) is 25.9. The highest BCUT2D eigenvalue weighted by molar-refractivity contribution is 5.29. The Morgan fingerprint density at radius 3 is 2.30 bits per heavy atom. The first-order valence-electron chi connectivity index (χ1n) is 7.80. The van der Waals surface area contributed by atoms with Crippen LogP contribution in [-0.4, -0.2) is 24.5 Å². The molecule has 1 saturated heterocycles. The van der Waals surface area contributed by atoms with Crippen molar-refractivity contribution in [3.05, 3.63) is 35.4 Å². The predicted molar refractivity (Wildman–Crippen MR) is 86.9 cm³/mol. The van der Waals surface area contributed by atoms with Gasteiger partial charge in [-0.3, -0.25) is 4.90 Å². The van der Waals surface area contributed by atoms with E-state index in [-0.39, 0.29) is 5.41 Å². The number of nitrogens with two attached hydrogens (primary N) is 1. The summed E-state index contributed by atoms with van der Waals surface area (Å²) in [6, 6.07) is 9.64. The third-order valence-electron chi connectivity index (χ3n) is 4.89. The van der Waals surface area contributed by atoms with E-state index < -0.39 is 0 Å². The molecule has 2 rings (SSSR count). The van der Waals surface area contributed by atoms with Gasteiger partial charge in [0.05, 0.1) is 0 Å². The number of likely N-dealkylation sites (tertiary alicyclic amines) is 1. The number of hydrogen-bond acceptors (Lipinski definition) is 2. The monoisotopic (exact) mass is 274 g/mol. The lowest BCUT2D eigenvalue weighted by molar-refractivity contribution is 0.227. The molecule has 2 atom stereocenters. The van der Waals surface area contributed by atoms with Gasteiger partial charge in [-0.2, -0.15) is 0 Å². The van der Waals surface area contributed by atoms with E-state index in [2.05, 4.69) is 63.8 Å². The van der Waals surface area contributed by atoms with Crippen molar-refractivity contribution in [1.82, 2.24) is 4.90 Å².